The number of aromatic nitrogens is 1. The Labute approximate surface area is 135 Å². The number of amides is 1. The van der Waals surface area contributed by atoms with Crippen molar-refractivity contribution in [3.63, 3.8) is 0 Å². The summed E-state index contributed by atoms with van der Waals surface area (Å²) in [5.41, 5.74) is 1.92. The zero-order chi connectivity index (χ0) is 16.1. The number of hydrogen-bond acceptors (Lipinski definition) is 4. The second-order valence-electron chi connectivity index (χ2n) is 5.16. The smallest absolute Gasteiger partial charge is 0.246 e. The molecule has 0 atom stereocenters. The predicted octanol–water partition coefficient (Wildman–Crippen LogP) is 2.87. The zero-order valence-electron chi connectivity index (χ0n) is 12.9. The number of fused-ring (bicyclic) bond motifs is 1. The van der Waals surface area contributed by atoms with Gasteiger partial charge < -0.3 is 14.4 Å². The highest BCUT2D eigenvalue weighted by Gasteiger charge is 2.15. The van der Waals surface area contributed by atoms with Gasteiger partial charge in [0.2, 0.25) is 12.7 Å². The van der Waals surface area contributed by atoms with Gasteiger partial charge in [-0.05, 0) is 42.3 Å². The minimum atomic E-state index is -0.0333. The van der Waals surface area contributed by atoms with Crippen molar-refractivity contribution in [1.29, 1.82) is 0 Å². The van der Waals surface area contributed by atoms with E-state index in [1.165, 1.54) is 0 Å². The Morgan fingerprint density at radius 1 is 1.30 bits per heavy atom. The van der Waals surface area contributed by atoms with Gasteiger partial charge in [-0.1, -0.05) is 12.1 Å². The molecule has 2 aromatic rings. The maximum Gasteiger partial charge on any atom is 0.246 e. The highest BCUT2D eigenvalue weighted by molar-refractivity contribution is 5.91. The molecule has 5 nitrogen and oxygen atoms in total. The van der Waals surface area contributed by atoms with Gasteiger partial charge in [0.05, 0.1) is 0 Å². The lowest BCUT2D eigenvalue weighted by Gasteiger charge is -2.19. The number of likely N-dealkylation sites (N-methyl/N-ethyl adjacent to an activating group) is 1. The molecule has 1 amide bonds. The third kappa shape index (κ3) is 3.69. The third-order valence-electron chi connectivity index (χ3n) is 3.61. The van der Waals surface area contributed by atoms with Crippen molar-refractivity contribution in [3.05, 3.63) is 59.9 Å². The molecule has 23 heavy (non-hydrogen) atoms. The van der Waals surface area contributed by atoms with Gasteiger partial charge in [-0.3, -0.25) is 9.78 Å². The van der Waals surface area contributed by atoms with E-state index in [0.29, 0.717) is 13.1 Å². The van der Waals surface area contributed by atoms with Crippen LogP contribution in [-0.4, -0.2) is 29.1 Å². The fourth-order valence-corrected chi connectivity index (χ4v) is 2.35. The summed E-state index contributed by atoms with van der Waals surface area (Å²) in [7, 11) is 0. The summed E-state index contributed by atoms with van der Waals surface area (Å²) in [5, 5.41) is 0. The van der Waals surface area contributed by atoms with E-state index in [2.05, 4.69) is 4.98 Å². The Morgan fingerprint density at radius 3 is 2.96 bits per heavy atom. The molecule has 0 saturated heterocycles. The summed E-state index contributed by atoms with van der Waals surface area (Å²) in [5.74, 6) is 1.45. The van der Waals surface area contributed by atoms with Crippen LogP contribution in [0.5, 0.6) is 11.5 Å². The van der Waals surface area contributed by atoms with Gasteiger partial charge in [0.15, 0.2) is 11.5 Å². The Kier molecular flexibility index (Phi) is 4.57. The van der Waals surface area contributed by atoms with Crippen molar-refractivity contribution in [2.75, 3.05) is 13.3 Å². The molecule has 0 spiro atoms. The molecule has 0 saturated carbocycles. The molecule has 1 aromatic heterocycles. The molecule has 0 unspecified atom stereocenters. The second kappa shape index (κ2) is 6.96. The molecule has 0 N–H and O–H groups in total. The minimum Gasteiger partial charge on any atom is -0.454 e. The number of rotatable bonds is 5. The molecule has 0 fully saturated rings. The Bertz CT molecular complexity index is 713. The standard InChI is InChI=1S/C18H18N2O3/c1-2-20(18(21)8-6-14-4-3-9-19-11-14)12-15-5-7-16-17(10-15)23-13-22-16/h3-11H,2,12-13H2,1H3/b8-6+. The van der Waals surface area contributed by atoms with Gasteiger partial charge in [-0.15, -0.1) is 0 Å². The summed E-state index contributed by atoms with van der Waals surface area (Å²) in [6, 6.07) is 9.50. The predicted molar refractivity (Wildman–Crippen MR) is 86.9 cm³/mol. The third-order valence-corrected chi connectivity index (χ3v) is 3.61. The first-order chi connectivity index (χ1) is 11.3. The number of ether oxygens (including phenoxy) is 2. The lowest BCUT2D eigenvalue weighted by atomic mass is 10.2. The number of carbonyl (C=O) groups is 1. The van der Waals surface area contributed by atoms with Crippen molar-refractivity contribution < 1.29 is 14.3 Å². The van der Waals surface area contributed by atoms with E-state index in [9.17, 15) is 4.79 Å². The maximum absolute atomic E-state index is 12.3. The Morgan fingerprint density at radius 2 is 2.17 bits per heavy atom. The van der Waals surface area contributed by atoms with Crippen molar-refractivity contribution in [1.82, 2.24) is 9.88 Å². The molecular weight excluding hydrogens is 292 g/mol. The van der Waals surface area contributed by atoms with Crippen molar-refractivity contribution in [2.24, 2.45) is 0 Å². The van der Waals surface area contributed by atoms with Crippen molar-refractivity contribution in [2.45, 2.75) is 13.5 Å². The quantitative estimate of drug-likeness (QED) is 0.797. The number of carbonyl (C=O) groups excluding carboxylic acids is 1. The maximum atomic E-state index is 12.3. The minimum absolute atomic E-state index is 0.0333. The molecule has 5 heteroatoms. The van der Waals surface area contributed by atoms with Crippen LogP contribution in [0.15, 0.2) is 48.8 Å². The molecule has 0 aliphatic carbocycles. The molecule has 0 bridgehead atoms. The summed E-state index contributed by atoms with van der Waals surface area (Å²) < 4.78 is 10.7. The van der Waals surface area contributed by atoms with Crippen molar-refractivity contribution in [3.8, 4) is 11.5 Å². The first-order valence-electron chi connectivity index (χ1n) is 7.52. The lowest BCUT2D eigenvalue weighted by molar-refractivity contribution is -0.126. The highest BCUT2D eigenvalue weighted by Crippen LogP contribution is 2.32. The van der Waals surface area contributed by atoms with Crippen LogP contribution in [0, 0.1) is 0 Å². The largest absolute Gasteiger partial charge is 0.454 e. The van der Waals surface area contributed by atoms with Crippen LogP contribution in [0.25, 0.3) is 6.08 Å². The Hall–Kier alpha value is -2.82. The molecular formula is C18H18N2O3. The van der Waals surface area contributed by atoms with Gasteiger partial charge >= 0.3 is 0 Å². The van der Waals surface area contributed by atoms with Crippen LogP contribution in [0.2, 0.25) is 0 Å². The van der Waals surface area contributed by atoms with Gasteiger partial charge in [0.25, 0.3) is 0 Å². The topological polar surface area (TPSA) is 51.7 Å². The van der Waals surface area contributed by atoms with E-state index in [0.717, 1.165) is 22.6 Å². The lowest BCUT2D eigenvalue weighted by Crippen LogP contribution is -2.28. The SMILES string of the molecule is CCN(Cc1ccc2c(c1)OCO2)C(=O)/C=C/c1cccnc1. The average molecular weight is 310 g/mol. The number of pyridine rings is 1. The van der Waals surface area contributed by atoms with Gasteiger partial charge in [-0.25, -0.2) is 0 Å². The summed E-state index contributed by atoms with van der Waals surface area (Å²) in [6.07, 6.45) is 6.78. The molecule has 118 valence electrons. The van der Waals surface area contributed by atoms with E-state index >= 15 is 0 Å². The first kappa shape index (κ1) is 15.1. The highest BCUT2D eigenvalue weighted by atomic mass is 16.7. The van der Waals surface area contributed by atoms with Crippen LogP contribution in [0.1, 0.15) is 18.1 Å². The summed E-state index contributed by atoms with van der Waals surface area (Å²) in [6.45, 7) is 3.37. The number of nitrogens with zero attached hydrogens (tertiary/aromatic N) is 2. The monoisotopic (exact) mass is 310 g/mol. The fraction of sp³-hybridized carbons (Fsp3) is 0.222. The molecule has 0 radical (unpaired) electrons. The van der Waals surface area contributed by atoms with Gasteiger partial charge in [0, 0.05) is 31.6 Å². The number of hydrogen-bond donors (Lipinski definition) is 0. The molecule has 2 heterocycles. The Balaban J connectivity index is 1.67. The van der Waals surface area contributed by atoms with Crippen LogP contribution in [0.3, 0.4) is 0 Å². The van der Waals surface area contributed by atoms with E-state index in [1.54, 1.807) is 29.4 Å². The second-order valence-corrected chi connectivity index (χ2v) is 5.16. The molecule has 1 aromatic carbocycles. The van der Waals surface area contributed by atoms with E-state index in [-0.39, 0.29) is 12.7 Å². The van der Waals surface area contributed by atoms with Crippen LogP contribution in [-0.2, 0) is 11.3 Å². The van der Waals surface area contributed by atoms with Crippen LogP contribution < -0.4 is 9.47 Å². The normalized spacial score (nSPS) is 12.6. The van der Waals surface area contributed by atoms with Crippen LogP contribution in [0.4, 0.5) is 0 Å². The van der Waals surface area contributed by atoms with Gasteiger partial charge in [-0.2, -0.15) is 0 Å². The first-order valence-corrected chi connectivity index (χ1v) is 7.52. The molecule has 1 aliphatic heterocycles. The number of benzene rings is 1. The van der Waals surface area contributed by atoms with E-state index < -0.39 is 0 Å². The van der Waals surface area contributed by atoms with E-state index in [4.69, 9.17) is 9.47 Å². The molecule has 1 aliphatic rings. The summed E-state index contributed by atoms with van der Waals surface area (Å²) >= 11 is 0. The zero-order valence-corrected chi connectivity index (χ0v) is 12.9. The summed E-state index contributed by atoms with van der Waals surface area (Å²) in [4.78, 5) is 18.1. The molecule has 3 rings (SSSR count). The average Bonchev–Trinajstić information content (AvgIpc) is 3.06. The van der Waals surface area contributed by atoms with Gasteiger partial charge in [0.1, 0.15) is 0 Å². The van der Waals surface area contributed by atoms with E-state index in [1.807, 2.05) is 37.3 Å². The van der Waals surface area contributed by atoms with Crippen LogP contribution >= 0.6 is 0 Å². The van der Waals surface area contributed by atoms with Crippen molar-refractivity contribution >= 4 is 12.0 Å². The fourth-order valence-electron chi connectivity index (χ4n) is 2.35.